The van der Waals surface area contributed by atoms with Crippen LogP contribution >= 0.6 is 0 Å². The van der Waals surface area contributed by atoms with E-state index in [1.165, 1.54) is 5.56 Å². The monoisotopic (exact) mass is 338 g/mol. The largest absolute Gasteiger partial charge is 0.489 e. The third-order valence-corrected chi connectivity index (χ3v) is 4.82. The Balaban J connectivity index is 1.68. The van der Waals surface area contributed by atoms with Gasteiger partial charge in [-0.1, -0.05) is 35.9 Å². The molecule has 2 aromatic rings. The van der Waals surface area contributed by atoms with Gasteiger partial charge in [-0.3, -0.25) is 4.79 Å². The minimum Gasteiger partial charge on any atom is -0.489 e. The fourth-order valence-electron chi connectivity index (χ4n) is 3.45. The third kappa shape index (κ3) is 4.20. The summed E-state index contributed by atoms with van der Waals surface area (Å²) in [6.45, 7) is 6.02. The number of amides is 1. The summed E-state index contributed by atoms with van der Waals surface area (Å²) in [4.78, 5) is 14.7. The van der Waals surface area contributed by atoms with Gasteiger partial charge in [-0.15, -0.1) is 0 Å². The third-order valence-electron chi connectivity index (χ3n) is 4.82. The first kappa shape index (κ1) is 17.5. The Kier molecular flexibility index (Phi) is 5.39. The molecule has 4 nitrogen and oxygen atoms in total. The van der Waals surface area contributed by atoms with E-state index in [-0.39, 0.29) is 11.9 Å². The van der Waals surface area contributed by atoms with Crippen LogP contribution in [0.4, 0.5) is 0 Å². The first-order valence-corrected chi connectivity index (χ1v) is 8.86. The van der Waals surface area contributed by atoms with Gasteiger partial charge in [0.2, 0.25) is 0 Å². The molecule has 0 spiro atoms. The highest BCUT2D eigenvalue weighted by Crippen LogP contribution is 2.25. The van der Waals surface area contributed by atoms with E-state index in [9.17, 15) is 4.79 Å². The maximum atomic E-state index is 12.8. The second-order valence-corrected chi connectivity index (χ2v) is 6.95. The van der Waals surface area contributed by atoms with Gasteiger partial charge < -0.3 is 15.4 Å². The van der Waals surface area contributed by atoms with Crippen molar-refractivity contribution >= 4 is 5.91 Å². The summed E-state index contributed by atoms with van der Waals surface area (Å²) in [5.74, 6) is 1.18. The van der Waals surface area contributed by atoms with Gasteiger partial charge in [-0.25, -0.2) is 0 Å². The van der Waals surface area contributed by atoms with E-state index in [1.54, 1.807) is 0 Å². The van der Waals surface area contributed by atoms with E-state index in [2.05, 4.69) is 26.0 Å². The molecule has 1 amide bonds. The first-order valence-electron chi connectivity index (χ1n) is 8.86. The van der Waals surface area contributed by atoms with Crippen LogP contribution in [0.5, 0.6) is 5.75 Å². The molecule has 0 bridgehead atoms. The number of likely N-dealkylation sites (tertiary alicyclic amines) is 1. The van der Waals surface area contributed by atoms with Gasteiger partial charge in [0, 0.05) is 18.2 Å². The molecule has 0 saturated carbocycles. The average molecular weight is 338 g/mol. The number of nitrogens with zero attached hydrogens (tertiary/aromatic N) is 1. The number of hydrogen-bond acceptors (Lipinski definition) is 3. The molecule has 132 valence electrons. The maximum Gasteiger partial charge on any atom is 0.254 e. The zero-order valence-corrected chi connectivity index (χ0v) is 14.9. The molecule has 1 saturated heterocycles. The molecule has 1 fully saturated rings. The van der Waals surface area contributed by atoms with Gasteiger partial charge >= 0.3 is 0 Å². The van der Waals surface area contributed by atoms with Crippen molar-refractivity contribution in [3.05, 3.63) is 65.2 Å². The summed E-state index contributed by atoms with van der Waals surface area (Å²) in [6, 6.07) is 15.9. The molecule has 0 radical (unpaired) electrons. The molecule has 1 heterocycles. The molecule has 0 aliphatic carbocycles. The van der Waals surface area contributed by atoms with E-state index >= 15 is 0 Å². The van der Waals surface area contributed by atoms with Crippen molar-refractivity contribution in [2.24, 2.45) is 11.7 Å². The Hall–Kier alpha value is -2.33. The van der Waals surface area contributed by atoms with Crippen LogP contribution in [0.1, 0.15) is 34.8 Å². The number of hydrogen-bond donors (Lipinski definition) is 1. The lowest BCUT2D eigenvalue weighted by atomic mass is 10.1. The highest BCUT2D eigenvalue weighted by atomic mass is 16.5. The normalized spacial score (nSPS) is 19.9. The summed E-state index contributed by atoms with van der Waals surface area (Å²) >= 11 is 0. The lowest BCUT2D eigenvalue weighted by molar-refractivity contribution is 0.0743. The fourth-order valence-corrected chi connectivity index (χ4v) is 3.45. The van der Waals surface area contributed by atoms with Gasteiger partial charge in [0.1, 0.15) is 12.4 Å². The summed E-state index contributed by atoms with van der Waals surface area (Å²) < 4.78 is 5.88. The van der Waals surface area contributed by atoms with Gasteiger partial charge in [-0.05, 0) is 56.5 Å². The highest BCUT2D eigenvalue weighted by molar-refractivity contribution is 5.95. The Morgan fingerprint density at radius 2 is 2.04 bits per heavy atom. The van der Waals surface area contributed by atoms with E-state index in [1.807, 2.05) is 41.3 Å². The summed E-state index contributed by atoms with van der Waals surface area (Å²) in [5, 5.41) is 0. The van der Waals surface area contributed by atoms with Gasteiger partial charge in [0.15, 0.2) is 0 Å². The van der Waals surface area contributed by atoms with E-state index in [0.717, 1.165) is 24.3 Å². The van der Waals surface area contributed by atoms with Crippen LogP contribution in [-0.2, 0) is 6.61 Å². The van der Waals surface area contributed by atoms with Crippen LogP contribution < -0.4 is 10.5 Å². The molecule has 2 N–H and O–H groups in total. The summed E-state index contributed by atoms with van der Waals surface area (Å²) in [7, 11) is 0. The van der Waals surface area contributed by atoms with E-state index in [4.69, 9.17) is 10.5 Å². The number of aryl methyl sites for hydroxylation is 1. The van der Waals surface area contributed by atoms with Gasteiger partial charge in [0.25, 0.3) is 5.91 Å². The van der Waals surface area contributed by atoms with Crippen LogP contribution in [-0.4, -0.2) is 29.9 Å². The van der Waals surface area contributed by atoms with Crippen molar-refractivity contribution < 1.29 is 9.53 Å². The van der Waals surface area contributed by atoms with Crippen LogP contribution in [0, 0.1) is 12.8 Å². The molecule has 4 heteroatoms. The number of benzene rings is 2. The molecule has 1 aliphatic heterocycles. The molecule has 25 heavy (non-hydrogen) atoms. The minimum absolute atomic E-state index is 0.0597. The molecule has 0 aromatic heterocycles. The highest BCUT2D eigenvalue weighted by Gasteiger charge is 2.32. The zero-order chi connectivity index (χ0) is 17.8. The number of carbonyl (C=O) groups excluding carboxylic acids is 1. The van der Waals surface area contributed by atoms with Crippen molar-refractivity contribution in [3.8, 4) is 5.75 Å². The first-order chi connectivity index (χ1) is 12.1. The fraction of sp³-hybridized carbons (Fsp3) is 0.381. The smallest absolute Gasteiger partial charge is 0.254 e. The average Bonchev–Trinajstić information content (AvgIpc) is 3.00. The molecule has 2 atom stereocenters. The standard InChI is InChI=1S/C21H26N2O2/c1-15-5-3-6-17(9-15)14-25-20-8-4-7-19(11-20)21(24)23-13-18(12-22)10-16(23)2/h3-9,11,16,18H,10,12-14,22H2,1-2H3. The maximum absolute atomic E-state index is 12.8. The number of nitrogens with two attached hydrogens (primary N) is 1. The van der Waals surface area contributed by atoms with Crippen LogP contribution in [0.25, 0.3) is 0 Å². The summed E-state index contributed by atoms with van der Waals surface area (Å²) in [5.41, 5.74) is 8.77. The molecular weight excluding hydrogens is 312 g/mol. The van der Waals surface area contributed by atoms with Crippen molar-refractivity contribution in [1.82, 2.24) is 4.90 Å². The Morgan fingerprint density at radius 1 is 1.24 bits per heavy atom. The zero-order valence-electron chi connectivity index (χ0n) is 14.9. The molecular formula is C21H26N2O2. The van der Waals surface area contributed by atoms with E-state index < -0.39 is 0 Å². The van der Waals surface area contributed by atoms with Crippen LogP contribution in [0.3, 0.4) is 0 Å². The van der Waals surface area contributed by atoms with E-state index in [0.29, 0.717) is 24.6 Å². The Bertz CT molecular complexity index is 744. The molecule has 1 aliphatic rings. The number of rotatable bonds is 5. The van der Waals surface area contributed by atoms with Crippen molar-refractivity contribution in [1.29, 1.82) is 0 Å². The molecule has 2 aromatic carbocycles. The lowest BCUT2D eigenvalue weighted by Crippen LogP contribution is -2.34. The minimum atomic E-state index is 0.0597. The van der Waals surface area contributed by atoms with Crippen LogP contribution in [0.2, 0.25) is 0 Å². The van der Waals surface area contributed by atoms with Crippen molar-refractivity contribution in [2.45, 2.75) is 32.9 Å². The van der Waals surface area contributed by atoms with Crippen molar-refractivity contribution in [2.75, 3.05) is 13.1 Å². The predicted molar refractivity (Wildman–Crippen MR) is 99.6 cm³/mol. The second kappa shape index (κ2) is 7.70. The Morgan fingerprint density at radius 3 is 2.76 bits per heavy atom. The van der Waals surface area contributed by atoms with Crippen LogP contribution in [0.15, 0.2) is 48.5 Å². The lowest BCUT2D eigenvalue weighted by Gasteiger charge is -2.22. The molecule has 2 unspecified atom stereocenters. The number of carbonyl (C=O) groups is 1. The van der Waals surface area contributed by atoms with Crippen molar-refractivity contribution in [3.63, 3.8) is 0 Å². The quantitative estimate of drug-likeness (QED) is 0.909. The topological polar surface area (TPSA) is 55.6 Å². The second-order valence-electron chi connectivity index (χ2n) is 6.95. The Labute approximate surface area is 149 Å². The van der Waals surface area contributed by atoms with Gasteiger partial charge in [-0.2, -0.15) is 0 Å². The SMILES string of the molecule is Cc1cccc(COc2cccc(C(=O)N3CC(CN)CC3C)c2)c1. The number of ether oxygens (including phenoxy) is 1. The predicted octanol–water partition coefficient (Wildman–Crippen LogP) is 3.38. The molecule has 3 rings (SSSR count). The summed E-state index contributed by atoms with van der Waals surface area (Å²) in [6.07, 6.45) is 0.978. The van der Waals surface area contributed by atoms with Gasteiger partial charge in [0.05, 0.1) is 0 Å².